The fourth-order valence-electron chi connectivity index (χ4n) is 2.81. The first-order valence-electron chi connectivity index (χ1n) is 9.20. The average Bonchev–Trinajstić information content (AvgIpc) is 3.01. The average molecular weight is 411 g/mol. The van der Waals surface area contributed by atoms with Crippen LogP contribution in [0.25, 0.3) is 6.08 Å². The van der Waals surface area contributed by atoms with Gasteiger partial charge in [0.05, 0.1) is 38.6 Å². The van der Waals surface area contributed by atoms with Crippen molar-refractivity contribution in [3.8, 4) is 11.5 Å². The Hall–Kier alpha value is -3.81. The highest BCUT2D eigenvalue weighted by Gasteiger charge is 2.15. The summed E-state index contributed by atoms with van der Waals surface area (Å²) in [6.07, 6.45) is 3.76. The second-order valence-corrected chi connectivity index (χ2v) is 6.36. The summed E-state index contributed by atoms with van der Waals surface area (Å²) in [4.78, 5) is 36.0. The molecule has 0 aliphatic carbocycles. The van der Waals surface area contributed by atoms with Crippen LogP contribution in [-0.4, -0.2) is 45.3 Å². The molecular formula is C22H21NO7. The van der Waals surface area contributed by atoms with E-state index < -0.39 is 17.8 Å². The SMILES string of the molecule is COC(=O)c1cc(NC(=O)C=Cc2ccc3c(c2)OCCCO3)cc(C(=O)OC)c1. The standard InChI is InChI=1S/C22H21NO7/c1-27-21(25)15-11-16(22(26)28-2)13-17(12-15)23-20(24)7-5-14-4-6-18-19(10-14)30-9-3-8-29-18/h4-7,10-13H,3,8-9H2,1-2H3,(H,23,24). The van der Waals surface area contributed by atoms with E-state index in [0.717, 1.165) is 12.0 Å². The Labute approximate surface area is 173 Å². The molecule has 1 N–H and O–H groups in total. The second kappa shape index (κ2) is 9.60. The minimum absolute atomic E-state index is 0.114. The highest BCUT2D eigenvalue weighted by atomic mass is 16.5. The number of nitrogens with one attached hydrogen (secondary N) is 1. The normalized spacial score (nSPS) is 12.7. The molecule has 8 nitrogen and oxygen atoms in total. The third-order valence-electron chi connectivity index (χ3n) is 4.24. The molecular weight excluding hydrogens is 390 g/mol. The van der Waals surface area contributed by atoms with Gasteiger partial charge in [0.1, 0.15) is 0 Å². The first-order chi connectivity index (χ1) is 14.5. The molecule has 1 heterocycles. The maximum Gasteiger partial charge on any atom is 0.337 e. The Morgan fingerprint density at radius 3 is 2.17 bits per heavy atom. The van der Waals surface area contributed by atoms with Crippen LogP contribution in [0.15, 0.2) is 42.5 Å². The highest BCUT2D eigenvalue weighted by Crippen LogP contribution is 2.30. The largest absolute Gasteiger partial charge is 0.490 e. The number of ether oxygens (including phenoxy) is 4. The monoisotopic (exact) mass is 411 g/mol. The molecule has 0 saturated carbocycles. The van der Waals surface area contributed by atoms with Crippen molar-refractivity contribution < 1.29 is 33.3 Å². The molecule has 0 aromatic heterocycles. The highest BCUT2D eigenvalue weighted by molar-refractivity contribution is 6.04. The van der Waals surface area contributed by atoms with Gasteiger partial charge in [0.2, 0.25) is 5.91 Å². The molecule has 0 atom stereocenters. The molecule has 156 valence electrons. The molecule has 0 saturated heterocycles. The fraction of sp³-hybridized carbons (Fsp3) is 0.227. The molecule has 2 aromatic rings. The van der Waals surface area contributed by atoms with Crippen LogP contribution in [0, 0.1) is 0 Å². The molecule has 3 rings (SSSR count). The minimum Gasteiger partial charge on any atom is -0.490 e. The first kappa shape index (κ1) is 20.9. The molecule has 1 aliphatic heterocycles. The molecule has 0 fully saturated rings. The van der Waals surface area contributed by atoms with Crippen LogP contribution < -0.4 is 14.8 Å². The molecule has 0 radical (unpaired) electrons. The zero-order valence-corrected chi connectivity index (χ0v) is 16.6. The summed E-state index contributed by atoms with van der Waals surface area (Å²) in [5, 5.41) is 2.63. The lowest BCUT2D eigenvalue weighted by molar-refractivity contribution is -0.111. The van der Waals surface area contributed by atoms with Gasteiger partial charge >= 0.3 is 11.9 Å². The fourth-order valence-corrected chi connectivity index (χ4v) is 2.81. The summed E-state index contributed by atoms with van der Waals surface area (Å²) >= 11 is 0. The lowest BCUT2D eigenvalue weighted by Crippen LogP contribution is -2.12. The van der Waals surface area contributed by atoms with Crippen molar-refractivity contribution in [1.29, 1.82) is 0 Å². The summed E-state index contributed by atoms with van der Waals surface area (Å²) in [5.41, 5.74) is 1.24. The molecule has 0 unspecified atom stereocenters. The summed E-state index contributed by atoms with van der Waals surface area (Å²) in [7, 11) is 2.45. The third-order valence-corrected chi connectivity index (χ3v) is 4.24. The van der Waals surface area contributed by atoms with Crippen molar-refractivity contribution in [2.45, 2.75) is 6.42 Å². The van der Waals surface area contributed by atoms with Gasteiger partial charge in [-0.2, -0.15) is 0 Å². The number of carbonyl (C=O) groups is 3. The molecule has 2 aromatic carbocycles. The number of esters is 2. The predicted molar refractivity (Wildman–Crippen MR) is 109 cm³/mol. The molecule has 1 aliphatic rings. The van der Waals surface area contributed by atoms with E-state index in [2.05, 4.69) is 14.8 Å². The predicted octanol–water partition coefficient (Wildman–Crippen LogP) is 3.07. The van der Waals surface area contributed by atoms with Gasteiger partial charge in [-0.15, -0.1) is 0 Å². The molecule has 1 amide bonds. The van der Waals surface area contributed by atoms with Crippen LogP contribution in [0.1, 0.15) is 32.7 Å². The van der Waals surface area contributed by atoms with Crippen molar-refractivity contribution >= 4 is 29.6 Å². The summed E-state index contributed by atoms with van der Waals surface area (Å²) in [6.45, 7) is 1.17. The van der Waals surface area contributed by atoms with Crippen molar-refractivity contribution in [3.63, 3.8) is 0 Å². The lowest BCUT2D eigenvalue weighted by atomic mass is 10.1. The van der Waals surface area contributed by atoms with Crippen LogP contribution in [0.5, 0.6) is 11.5 Å². The van der Waals surface area contributed by atoms with Crippen LogP contribution >= 0.6 is 0 Å². The maximum atomic E-state index is 12.3. The van der Waals surface area contributed by atoms with Crippen LogP contribution in [0.3, 0.4) is 0 Å². The Balaban J connectivity index is 1.76. The smallest absolute Gasteiger partial charge is 0.337 e. The van der Waals surface area contributed by atoms with Crippen molar-refractivity contribution in [3.05, 3.63) is 59.2 Å². The Kier molecular flexibility index (Phi) is 6.69. The second-order valence-electron chi connectivity index (χ2n) is 6.36. The summed E-state index contributed by atoms with van der Waals surface area (Å²) in [6, 6.07) is 9.55. The van der Waals surface area contributed by atoms with Gasteiger partial charge in [0, 0.05) is 18.2 Å². The maximum absolute atomic E-state index is 12.3. The third kappa shape index (κ3) is 5.16. The van der Waals surface area contributed by atoms with E-state index in [1.54, 1.807) is 18.2 Å². The van der Waals surface area contributed by atoms with Crippen molar-refractivity contribution in [2.75, 3.05) is 32.8 Å². The van der Waals surface area contributed by atoms with Gasteiger partial charge in [0.15, 0.2) is 11.5 Å². The quantitative estimate of drug-likeness (QED) is 0.596. The van der Waals surface area contributed by atoms with E-state index in [1.165, 1.54) is 38.5 Å². The van der Waals surface area contributed by atoms with Crippen LogP contribution in [0.2, 0.25) is 0 Å². The van der Waals surface area contributed by atoms with Gasteiger partial charge in [0.25, 0.3) is 0 Å². The summed E-state index contributed by atoms with van der Waals surface area (Å²) < 4.78 is 20.6. The number of benzene rings is 2. The molecule has 30 heavy (non-hydrogen) atoms. The van der Waals surface area contributed by atoms with Gasteiger partial charge in [-0.05, 0) is 42.0 Å². The number of amides is 1. The number of anilines is 1. The first-order valence-corrected chi connectivity index (χ1v) is 9.20. The number of methoxy groups -OCH3 is 2. The van der Waals surface area contributed by atoms with E-state index in [9.17, 15) is 14.4 Å². The number of carbonyl (C=O) groups excluding carboxylic acids is 3. The van der Waals surface area contributed by atoms with E-state index in [0.29, 0.717) is 24.7 Å². The van der Waals surface area contributed by atoms with Gasteiger partial charge in [-0.1, -0.05) is 6.07 Å². The topological polar surface area (TPSA) is 100 Å². The number of hydrogen-bond acceptors (Lipinski definition) is 7. The zero-order chi connectivity index (χ0) is 21.5. The van der Waals surface area contributed by atoms with E-state index >= 15 is 0 Å². The molecule has 8 heteroatoms. The number of hydrogen-bond donors (Lipinski definition) is 1. The summed E-state index contributed by atoms with van der Waals surface area (Å²) in [5.74, 6) is -0.425. The van der Waals surface area contributed by atoms with E-state index in [4.69, 9.17) is 9.47 Å². The minimum atomic E-state index is -0.640. The number of rotatable bonds is 5. The Morgan fingerprint density at radius 1 is 0.900 bits per heavy atom. The van der Waals surface area contributed by atoms with Gasteiger partial charge in [-0.25, -0.2) is 9.59 Å². The number of fused-ring (bicyclic) bond motifs is 1. The van der Waals surface area contributed by atoms with E-state index in [1.807, 2.05) is 6.07 Å². The van der Waals surface area contributed by atoms with Crippen LogP contribution in [-0.2, 0) is 14.3 Å². The van der Waals surface area contributed by atoms with Gasteiger partial charge in [-0.3, -0.25) is 4.79 Å². The Bertz CT molecular complexity index is 963. The van der Waals surface area contributed by atoms with Crippen LogP contribution in [0.4, 0.5) is 5.69 Å². The zero-order valence-electron chi connectivity index (χ0n) is 16.6. The lowest BCUT2D eigenvalue weighted by Gasteiger charge is -2.09. The van der Waals surface area contributed by atoms with Gasteiger partial charge < -0.3 is 24.3 Å². The van der Waals surface area contributed by atoms with Crippen molar-refractivity contribution in [1.82, 2.24) is 0 Å². The molecule has 0 bridgehead atoms. The van der Waals surface area contributed by atoms with Crippen molar-refractivity contribution in [2.24, 2.45) is 0 Å². The molecule has 0 spiro atoms. The Morgan fingerprint density at radius 2 is 1.53 bits per heavy atom. The van der Waals surface area contributed by atoms with E-state index in [-0.39, 0.29) is 16.8 Å².